The van der Waals surface area contributed by atoms with Crippen LogP contribution in [-0.4, -0.2) is 31.2 Å². The molecular formula is C22H21N3O4. The number of hydrogen-bond acceptors (Lipinski definition) is 6. The second kappa shape index (κ2) is 8.10. The molecule has 0 atom stereocenters. The number of ether oxygens (including phenoxy) is 3. The number of nitrogens with one attached hydrogen (secondary N) is 2. The molecule has 7 heteroatoms. The predicted octanol–water partition coefficient (Wildman–Crippen LogP) is 4.17. The lowest BCUT2D eigenvalue weighted by Crippen LogP contribution is -2.15. The fourth-order valence-corrected chi connectivity index (χ4v) is 3.00. The van der Waals surface area contributed by atoms with Crippen molar-refractivity contribution in [2.45, 2.75) is 6.92 Å². The Morgan fingerprint density at radius 1 is 1.00 bits per heavy atom. The van der Waals surface area contributed by atoms with E-state index in [1.807, 2.05) is 43.3 Å². The number of pyridine rings is 1. The quantitative estimate of drug-likeness (QED) is 0.680. The zero-order valence-corrected chi connectivity index (χ0v) is 16.2. The van der Waals surface area contributed by atoms with Crippen molar-refractivity contribution in [3.63, 3.8) is 0 Å². The minimum Gasteiger partial charge on any atom is -0.495 e. The predicted molar refractivity (Wildman–Crippen MR) is 111 cm³/mol. The number of rotatable bonds is 5. The number of hydrogen-bond donors (Lipinski definition) is 2. The first-order valence-corrected chi connectivity index (χ1v) is 9.21. The van der Waals surface area contributed by atoms with E-state index in [2.05, 4.69) is 15.6 Å². The lowest BCUT2D eigenvalue weighted by molar-refractivity contribution is 0.102. The highest BCUT2D eigenvalue weighted by atomic mass is 16.6. The Kier molecular flexibility index (Phi) is 5.20. The van der Waals surface area contributed by atoms with Gasteiger partial charge in [0.05, 0.1) is 24.7 Å². The van der Waals surface area contributed by atoms with Gasteiger partial charge in [0.1, 0.15) is 24.7 Å². The summed E-state index contributed by atoms with van der Waals surface area (Å²) in [6, 6.07) is 14.7. The SMILES string of the molecule is COc1ccc(C)cc1NC(=O)c1ccc(Nc2ccc3c(c2)OCCO3)cn1. The van der Waals surface area contributed by atoms with Crippen LogP contribution in [0.2, 0.25) is 0 Å². The number of carbonyl (C=O) groups is 1. The number of anilines is 3. The Morgan fingerprint density at radius 2 is 1.79 bits per heavy atom. The average Bonchev–Trinajstić information content (AvgIpc) is 2.74. The van der Waals surface area contributed by atoms with E-state index in [0.29, 0.717) is 36.1 Å². The molecule has 0 radical (unpaired) electrons. The lowest BCUT2D eigenvalue weighted by atomic mass is 10.2. The number of nitrogens with zero attached hydrogens (tertiary/aromatic N) is 1. The molecule has 0 fully saturated rings. The van der Waals surface area contributed by atoms with E-state index in [4.69, 9.17) is 14.2 Å². The van der Waals surface area contributed by atoms with Crippen LogP contribution in [0.25, 0.3) is 0 Å². The smallest absolute Gasteiger partial charge is 0.274 e. The van der Waals surface area contributed by atoms with Crippen LogP contribution in [0.4, 0.5) is 17.1 Å². The molecule has 0 aliphatic carbocycles. The molecular weight excluding hydrogens is 370 g/mol. The number of fused-ring (bicyclic) bond motifs is 1. The van der Waals surface area contributed by atoms with E-state index in [0.717, 1.165) is 22.7 Å². The molecule has 1 aliphatic heterocycles. The Hall–Kier alpha value is -3.74. The van der Waals surface area contributed by atoms with Gasteiger partial charge in [0.25, 0.3) is 5.91 Å². The van der Waals surface area contributed by atoms with E-state index in [9.17, 15) is 4.79 Å². The first-order chi connectivity index (χ1) is 14.1. The van der Waals surface area contributed by atoms with Crippen molar-refractivity contribution in [2.75, 3.05) is 31.0 Å². The highest BCUT2D eigenvalue weighted by Gasteiger charge is 2.13. The monoisotopic (exact) mass is 391 g/mol. The fraction of sp³-hybridized carbons (Fsp3) is 0.182. The number of benzene rings is 2. The Morgan fingerprint density at radius 3 is 2.55 bits per heavy atom. The third-order valence-electron chi connectivity index (χ3n) is 4.43. The minimum absolute atomic E-state index is 0.306. The normalized spacial score (nSPS) is 12.2. The van der Waals surface area contributed by atoms with Crippen molar-refractivity contribution >= 4 is 23.0 Å². The summed E-state index contributed by atoms with van der Waals surface area (Å²) in [7, 11) is 1.57. The maximum atomic E-state index is 12.5. The van der Waals surface area contributed by atoms with Gasteiger partial charge in [-0.15, -0.1) is 0 Å². The van der Waals surface area contributed by atoms with Gasteiger partial charge in [-0.25, -0.2) is 4.98 Å². The number of aryl methyl sites for hydroxylation is 1. The molecule has 2 aromatic carbocycles. The molecule has 1 aromatic heterocycles. The summed E-state index contributed by atoms with van der Waals surface area (Å²) < 4.78 is 16.4. The molecule has 3 aromatic rings. The first-order valence-electron chi connectivity index (χ1n) is 9.21. The molecule has 7 nitrogen and oxygen atoms in total. The number of aromatic nitrogens is 1. The summed E-state index contributed by atoms with van der Waals surface area (Å²) in [4.78, 5) is 16.8. The van der Waals surface area contributed by atoms with Gasteiger partial charge in [-0.05, 0) is 48.9 Å². The number of carbonyl (C=O) groups excluding carboxylic acids is 1. The van der Waals surface area contributed by atoms with E-state index in [1.54, 1.807) is 25.4 Å². The largest absolute Gasteiger partial charge is 0.495 e. The fourth-order valence-electron chi connectivity index (χ4n) is 3.00. The molecule has 0 saturated heterocycles. The number of methoxy groups -OCH3 is 1. The molecule has 0 spiro atoms. The van der Waals surface area contributed by atoms with E-state index in [1.165, 1.54) is 0 Å². The maximum absolute atomic E-state index is 12.5. The molecule has 0 bridgehead atoms. The van der Waals surface area contributed by atoms with Crippen molar-refractivity contribution in [3.05, 3.63) is 66.0 Å². The summed E-state index contributed by atoms with van der Waals surface area (Å²) in [5.74, 6) is 1.73. The van der Waals surface area contributed by atoms with Gasteiger partial charge in [-0.3, -0.25) is 4.79 Å². The zero-order valence-electron chi connectivity index (χ0n) is 16.2. The van der Waals surface area contributed by atoms with Crippen molar-refractivity contribution < 1.29 is 19.0 Å². The molecule has 148 valence electrons. The van der Waals surface area contributed by atoms with Gasteiger partial charge in [0, 0.05) is 11.8 Å². The van der Waals surface area contributed by atoms with Gasteiger partial charge in [-0.1, -0.05) is 6.07 Å². The lowest BCUT2D eigenvalue weighted by Gasteiger charge is -2.19. The second-order valence-electron chi connectivity index (χ2n) is 6.57. The molecule has 2 heterocycles. The van der Waals surface area contributed by atoms with Gasteiger partial charge in [0.2, 0.25) is 0 Å². The highest BCUT2D eigenvalue weighted by molar-refractivity contribution is 6.03. The maximum Gasteiger partial charge on any atom is 0.274 e. The van der Waals surface area contributed by atoms with Crippen LogP contribution in [-0.2, 0) is 0 Å². The molecule has 1 aliphatic rings. The van der Waals surface area contributed by atoms with Crippen LogP contribution < -0.4 is 24.8 Å². The third kappa shape index (κ3) is 4.24. The van der Waals surface area contributed by atoms with E-state index < -0.39 is 0 Å². The van der Waals surface area contributed by atoms with Gasteiger partial charge in [0.15, 0.2) is 11.5 Å². The summed E-state index contributed by atoms with van der Waals surface area (Å²) in [6.45, 7) is 3.04. The molecule has 1 amide bonds. The summed E-state index contributed by atoms with van der Waals surface area (Å²) in [5, 5.41) is 6.09. The standard InChI is InChI=1S/C22H21N3O4/c1-14-3-7-19(27-2)18(11-14)25-22(26)17-6-4-16(13-23-17)24-15-5-8-20-21(12-15)29-10-9-28-20/h3-8,11-13,24H,9-10H2,1-2H3,(H,25,26). The second-order valence-corrected chi connectivity index (χ2v) is 6.57. The van der Waals surface area contributed by atoms with Crippen LogP contribution in [0, 0.1) is 6.92 Å². The molecule has 29 heavy (non-hydrogen) atoms. The Labute approximate surface area is 168 Å². The van der Waals surface area contributed by atoms with Crippen molar-refractivity contribution in [3.8, 4) is 17.2 Å². The highest BCUT2D eigenvalue weighted by Crippen LogP contribution is 2.33. The summed E-state index contributed by atoms with van der Waals surface area (Å²) >= 11 is 0. The summed E-state index contributed by atoms with van der Waals surface area (Å²) in [6.07, 6.45) is 1.61. The van der Waals surface area contributed by atoms with Crippen molar-refractivity contribution in [1.29, 1.82) is 0 Å². The van der Waals surface area contributed by atoms with Crippen LogP contribution in [0.15, 0.2) is 54.7 Å². The van der Waals surface area contributed by atoms with Crippen LogP contribution in [0.3, 0.4) is 0 Å². The molecule has 4 rings (SSSR count). The van der Waals surface area contributed by atoms with Crippen molar-refractivity contribution in [2.24, 2.45) is 0 Å². The average molecular weight is 391 g/mol. The molecule has 0 unspecified atom stereocenters. The van der Waals surface area contributed by atoms with E-state index in [-0.39, 0.29) is 5.91 Å². The minimum atomic E-state index is -0.306. The Bertz CT molecular complexity index is 1030. The molecule has 2 N–H and O–H groups in total. The van der Waals surface area contributed by atoms with Gasteiger partial charge in [-0.2, -0.15) is 0 Å². The molecule has 0 saturated carbocycles. The topological polar surface area (TPSA) is 81.7 Å². The summed E-state index contributed by atoms with van der Waals surface area (Å²) in [5.41, 5.74) is 3.54. The van der Waals surface area contributed by atoms with Gasteiger partial charge >= 0.3 is 0 Å². The van der Waals surface area contributed by atoms with Crippen LogP contribution in [0.1, 0.15) is 16.1 Å². The van der Waals surface area contributed by atoms with Crippen molar-refractivity contribution in [1.82, 2.24) is 4.98 Å². The third-order valence-corrected chi connectivity index (χ3v) is 4.43. The van der Waals surface area contributed by atoms with Gasteiger partial charge < -0.3 is 24.8 Å². The van der Waals surface area contributed by atoms with Crippen LogP contribution in [0.5, 0.6) is 17.2 Å². The Balaban J connectivity index is 1.45. The number of amides is 1. The zero-order chi connectivity index (χ0) is 20.2. The van der Waals surface area contributed by atoms with E-state index >= 15 is 0 Å². The first kappa shape index (κ1) is 18.6. The van der Waals surface area contributed by atoms with Crippen LogP contribution >= 0.6 is 0 Å².